The van der Waals surface area contributed by atoms with Gasteiger partial charge in [0.2, 0.25) is 0 Å². The molecule has 2 N–H and O–H groups in total. The van der Waals surface area contributed by atoms with Crippen LogP contribution in [0.15, 0.2) is 42.5 Å². The van der Waals surface area contributed by atoms with E-state index in [0.717, 1.165) is 12.1 Å². The van der Waals surface area contributed by atoms with Gasteiger partial charge in [-0.25, -0.2) is 9.18 Å². The van der Waals surface area contributed by atoms with Crippen molar-refractivity contribution in [2.24, 2.45) is 0 Å². The van der Waals surface area contributed by atoms with Crippen molar-refractivity contribution < 1.29 is 19.0 Å². The molecule has 0 saturated heterocycles. The van der Waals surface area contributed by atoms with Crippen molar-refractivity contribution in [2.45, 2.75) is 38.5 Å². The Morgan fingerprint density at radius 2 is 1.69 bits per heavy atom. The number of aliphatic hydroxyl groups is 1. The Morgan fingerprint density at radius 3 is 2.23 bits per heavy atom. The van der Waals surface area contributed by atoms with E-state index in [1.54, 1.807) is 45.0 Å². The molecule has 0 spiro atoms. The zero-order valence-electron chi connectivity index (χ0n) is 14.6. The van der Waals surface area contributed by atoms with Gasteiger partial charge in [-0.05, 0) is 62.2 Å². The van der Waals surface area contributed by atoms with Crippen molar-refractivity contribution in [1.82, 2.24) is 5.32 Å². The Labute approximate surface area is 161 Å². The number of aliphatic hydroxyl groups excluding tert-OH is 1. The minimum absolute atomic E-state index is 0.145. The maximum Gasteiger partial charge on any atom is 0.408 e. The maximum atomic E-state index is 13.7. The summed E-state index contributed by atoms with van der Waals surface area (Å²) >= 11 is 11.8. The fourth-order valence-corrected chi connectivity index (χ4v) is 2.74. The molecule has 7 heteroatoms. The lowest BCUT2D eigenvalue weighted by Crippen LogP contribution is -2.37. The van der Waals surface area contributed by atoms with Crippen LogP contribution in [0.1, 0.15) is 44.0 Å². The highest BCUT2D eigenvalue weighted by Crippen LogP contribution is 2.31. The first-order chi connectivity index (χ1) is 12.0. The van der Waals surface area contributed by atoms with Crippen molar-refractivity contribution in [3.8, 4) is 0 Å². The Balaban J connectivity index is 2.35. The number of halogens is 3. The lowest BCUT2D eigenvalue weighted by molar-refractivity contribution is 0.0419. The van der Waals surface area contributed by atoms with Gasteiger partial charge in [0.15, 0.2) is 0 Å². The molecule has 2 aromatic carbocycles. The Kier molecular flexibility index (Phi) is 6.50. The lowest BCUT2D eigenvalue weighted by Gasteiger charge is -2.27. The summed E-state index contributed by atoms with van der Waals surface area (Å²) in [6, 6.07) is 9.43. The highest BCUT2D eigenvalue weighted by molar-refractivity contribution is 6.30. The molecule has 0 aromatic heterocycles. The standard InChI is InChI=1S/C19H20Cl2FNO3/c1-19(2,3)26-18(25)23-16(11-4-6-13(20)7-5-11)17(24)12-8-14(21)10-15(22)9-12/h4-10,16-17,24H,1-3H3,(H,23,25)/t16-,17+/m1/s1. The molecule has 0 heterocycles. The van der Waals surface area contributed by atoms with Gasteiger partial charge in [-0.3, -0.25) is 0 Å². The molecule has 0 unspecified atom stereocenters. The smallest absolute Gasteiger partial charge is 0.408 e. The number of hydrogen-bond donors (Lipinski definition) is 2. The van der Waals surface area contributed by atoms with E-state index in [1.807, 2.05) is 0 Å². The van der Waals surface area contributed by atoms with Crippen molar-refractivity contribution in [3.05, 3.63) is 69.5 Å². The van der Waals surface area contributed by atoms with Crippen molar-refractivity contribution >= 4 is 29.3 Å². The zero-order valence-corrected chi connectivity index (χ0v) is 16.1. The molecule has 1 amide bonds. The molecule has 0 bridgehead atoms. The van der Waals surface area contributed by atoms with E-state index in [9.17, 15) is 14.3 Å². The predicted molar refractivity (Wildman–Crippen MR) is 99.9 cm³/mol. The molecular formula is C19H20Cl2FNO3. The van der Waals surface area contributed by atoms with Crippen LogP contribution >= 0.6 is 23.2 Å². The number of carbonyl (C=O) groups is 1. The molecule has 0 fully saturated rings. The SMILES string of the molecule is CC(C)(C)OC(=O)N[C@H](c1ccc(Cl)cc1)[C@@H](O)c1cc(F)cc(Cl)c1. The number of carbonyl (C=O) groups excluding carboxylic acids is 1. The minimum atomic E-state index is -1.25. The van der Waals surface area contributed by atoms with Crippen LogP contribution in [0.2, 0.25) is 10.0 Å². The molecule has 0 aliphatic heterocycles. The highest BCUT2D eigenvalue weighted by Gasteiger charge is 2.27. The number of alkyl carbamates (subject to hydrolysis) is 1. The second kappa shape index (κ2) is 8.25. The van der Waals surface area contributed by atoms with Gasteiger partial charge in [-0.2, -0.15) is 0 Å². The second-order valence-electron chi connectivity index (χ2n) is 6.82. The van der Waals surface area contributed by atoms with E-state index in [2.05, 4.69) is 5.32 Å². The summed E-state index contributed by atoms with van der Waals surface area (Å²) in [5.41, 5.74) is 0.0982. The predicted octanol–water partition coefficient (Wildman–Crippen LogP) is 5.43. The fraction of sp³-hybridized carbons (Fsp3) is 0.316. The average Bonchev–Trinajstić information content (AvgIpc) is 2.50. The maximum absolute atomic E-state index is 13.7. The second-order valence-corrected chi connectivity index (χ2v) is 7.70. The molecule has 0 aliphatic carbocycles. The summed E-state index contributed by atoms with van der Waals surface area (Å²) in [5, 5.41) is 14.0. The molecule has 2 atom stereocenters. The van der Waals surface area contributed by atoms with Crippen molar-refractivity contribution in [3.63, 3.8) is 0 Å². The van der Waals surface area contributed by atoms with E-state index < -0.39 is 29.7 Å². The van der Waals surface area contributed by atoms with E-state index in [0.29, 0.717) is 10.6 Å². The summed E-state index contributed by atoms with van der Waals surface area (Å²) in [5.74, 6) is -0.585. The van der Waals surface area contributed by atoms with Crippen LogP contribution in [0.3, 0.4) is 0 Å². The first-order valence-electron chi connectivity index (χ1n) is 7.94. The molecular weight excluding hydrogens is 380 g/mol. The molecule has 0 saturated carbocycles. The summed E-state index contributed by atoms with van der Waals surface area (Å²) in [7, 11) is 0. The van der Waals surface area contributed by atoms with Crippen LogP contribution in [-0.2, 0) is 4.74 Å². The zero-order chi connectivity index (χ0) is 19.5. The number of ether oxygens (including phenoxy) is 1. The van der Waals surface area contributed by atoms with Crippen molar-refractivity contribution in [1.29, 1.82) is 0 Å². The summed E-state index contributed by atoms with van der Waals surface area (Å²) < 4.78 is 18.9. The quantitative estimate of drug-likeness (QED) is 0.720. The number of amides is 1. The van der Waals surface area contributed by atoms with Gasteiger partial charge >= 0.3 is 6.09 Å². The lowest BCUT2D eigenvalue weighted by atomic mass is 9.96. The van der Waals surface area contributed by atoms with Crippen LogP contribution in [0.25, 0.3) is 0 Å². The summed E-state index contributed by atoms with van der Waals surface area (Å²) in [6.07, 6.45) is -1.96. The van der Waals surface area contributed by atoms with E-state index >= 15 is 0 Å². The molecule has 2 aromatic rings. The molecule has 2 rings (SSSR count). The van der Waals surface area contributed by atoms with Gasteiger partial charge in [0, 0.05) is 10.0 Å². The minimum Gasteiger partial charge on any atom is -0.444 e. The third-order valence-corrected chi connectivity index (χ3v) is 3.91. The van der Waals surface area contributed by atoms with Crippen LogP contribution in [0, 0.1) is 5.82 Å². The summed E-state index contributed by atoms with van der Waals surface area (Å²) in [6.45, 7) is 5.19. The van der Waals surface area contributed by atoms with Crippen LogP contribution in [-0.4, -0.2) is 16.8 Å². The first kappa shape index (κ1) is 20.5. The third-order valence-electron chi connectivity index (χ3n) is 3.44. The molecule has 140 valence electrons. The van der Waals surface area contributed by atoms with Gasteiger partial charge in [-0.15, -0.1) is 0 Å². The Morgan fingerprint density at radius 1 is 1.08 bits per heavy atom. The Hall–Kier alpha value is -1.82. The fourth-order valence-electron chi connectivity index (χ4n) is 2.39. The molecule has 0 radical (unpaired) electrons. The molecule has 26 heavy (non-hydrogen) atoms. The third kappa shape index (κ3) is 5.87. The van der Waals surface area contributed by atoms with Gasteiger partial charge in [0.05, 0.1) is 6.04 Å². The van der Waals surface area contributed by atoms with Gasteiger partial charge in [-0.1, -0.05) is 35.3 Å². The number of benzene rings is 2. The van der Waals surface area contributed by atoms with E-state index in [-0.39, 0.29) is 10.6 Å². The monoisotopic (exact) mass is 399 g/mol. The molecule has 4 nitrogen and oxygen atoms in total. The first-order valence-corrected chi connectivity index (χ1v) is 8.70. The topological polar surface area (TPSA) is 58.6 Å². The van der Waals surface area contributed by atoms with E-state index in [1.165, 1.54) is 6.07 Å². The van der Waals surface area contributed by atoms with Gasteiger partial charge in [0.25, 0.3) is 0 Å². The van der Waals surface area contributed by atoms with Gasteiger partial charge in [0.1, 0.15) is 17.5 Å². The number of hydrogen-bond acceptors (Lipinski definition) is 3. The molecule has 0 aliphatic rings. The van der Waals surface area contributed by atoms with Crippen LogP contribution < -0.4 is 5.32 Å². The number of rotatable bonds is 4. The van der Waals surface area contributed by atoms with Crippen molar-refractivity contribution in [2.75, 3.05) is 0 Å². The van der Waals surface area contributed by atoms with Gasteiger partial charge < -0.3 is 15.2 Å². The highest BCUT2D eigenvalue weighted by atomic mass is 35.5. The Bertz CT molecular complexity index is 755. The number of nitrogens with one attached hydrogen (secondary N) is 1. The van der Waals surface area contributed by atoms with Crippen LogP contribution in [0.5, 0.6) is 0 Å². The largest absolute Gasteiger partial charge is 0.444 e. The summed E-state index contributed by atoms with van der Waals surface area (Å²) in [4.78, 5) is 12.2. The van der Waals surface area contributed by atoms with E-state index in [4.69, 9.17) is 27.9 Å². The average molecular weight is 400 g/mol. The normalized spacial score (nSPS) is 13.8. The van der Waals surface area contributed by atoms with Crippen LogP contribution in [0.4, 0.5) is 9.18 Å².